The zero-order chi connectivity index (χ0) is 7.72. The Labute approximate surface area is 70.6 Å². The van der Waals surface area contributed by atoms with Crippen molar-refractivity contribution in [1.29, 1.82) is 0 Å². The minimum absolute atomic E-state index is 0.298. The van der Waals surface area contributed by atoms with Crippen LogP contribution in [0.3, 0.4) is 0 Å². The average Bonchev–Trinajstić information content (AvgIpc) is 2.14. The minimum atomic E-state index is -1.10. The van der Waals surface area contributed by atoms with Gasteiger partial charge >= 0.3 is 0 Å². The van der Waals surface area contributed by atoms with Gasteiger partial charge in [0, 0.05) is 9.85 Å². The fourth-order valence-electron chi connectivity index (χ4n) is 0.597. The number of carbonyl (C=O) groups is 1. The molecule has 2 nitrogen and oxygen atoms in total. The molecule has 0 saturated heterocycles. The Morgan fingerprint density at radius 2 is 2.40 bits per heavy atom. The van der Waals surface area contributed by atoms with Gasteiger partial charge in [0.15, 0.2) is 0 Å². The topological polar surface area (TPSA) is 40.1 Å². The molecular formula is C6H4BrO2S-. The molecule has 0 atom stereocenters. The van der Waals surface area contributed by atoms with Crippen molar-refractivity contribution < 1.29 is 9.90 Å². The van der Waals surface area contributed by atoms with Crippen molar-refractivity contribution in [3.05, 3.63) is 20.3 Å². The summed E-state index contributed by atoms with van der Waals surface area (Å²) in [6.45, 7) is 1.74. The molecule has 4 heteroatoms. The van der Waals surface area contributed by atoms with E-state index in [1.54, 1.807) is 12.3 Å². The maximum absolute atomic E-state index is 10.3. The number of carboxylic acids is 1. The summed E-state index contributed by atoms with van der Waals surface area (Å²) in [7, 11) is 0. The molecule has 1 rings (SSSR count). The van der Waals surface area contributed by atoms with Crippen molar-refractivity contribution in [2.24, 2.45) is 0 Å². The van der Waals surface area contributed by atoms with Gasteiger partial charge in [0.2, 0.25) is 0 Å². The second-order valence-electron chi connectivity index (χ2n) is 1.83. The molecule has 0 aliphatic rings. The van der Waals surface area contributed by atoms with Gasteiger partial charge in [0.05, 0.1) is 10.8 Å². The highest BCUT2D eigenvalue weighted by atomic mass is 79.9. The van der Waals surface area contributed by atoms with Gasteiger partial charge < -0.3 is 9.90 Å². The maximum Gasteiger partial charge on any atom is 0.0818 e. The molecule has 0 unspecified atom stereocenters. The number of rotatable bonds is 1. The van der Waals surface area contributed by atoms with Gasteiger partial charge in [-0.3, -0.25) is 0 Å². The third kappa shape index (κ3) is 1.22. The number of hydrogen-bond acceptors (Lipinski definition) is 3. The second-order valence-corrected chi connectivity index (χ2v) is 3.56. The van der Waals surface area contributed by atoms with Crippen molar-refractivity contribution in [3.8, 4) is 0 Å². The number of aromatic carboxylic acids is 1. The number of thiophene rings is 1. The van der Waals surface area contributed by atoms with Crippen molar-refractivity contribution >= 4 is 33.2 Å². The highest BCUT2D eigenvalue weighted by Gasteiger charge is 2.04. The first kappa shape index (κ1) is 7.75. The Hall–Kier alpha value is -0.350. The normalized spacial score (nSPS) is 9.80. The van der Waals surface area contributed by atoms with Crippen molar-refractivity contribution in [2.45, 2.75) is 6.92 Å². The van der Waals surface area contributed by atoms with E-state index in [1.165, 1.54) is 11.3 Å². The molecule has 0 amide bonds. The molecule has 0 aliphatic heterocycles. The lowest BCUT2D eigenvalue weighted by molar-refractivity contribution is -0.254. The summed E-state index contributed by atoms with van der Waals surface area (Å²) in [6, 6.07) is 0. The third-order valence-electron chi connectivity index (χ3n) is 1.16. The summed E-state index contributed by atoms with van der Waals surface area (Å²) in [5, 5.41) is 12.1. The van der Waals surface area contributed by atoms with Gasteiger partial charge in [-0.25, -0.2) is 0 Å². The monoisotopic (exact) mass is 219 g/mol. The van der Waals surface area contributed by atoms with Crippen LogP contribution in [-0.4, -0.2) is 5.97 Å². The molecular weight excluding hydrogens is 216 g/mol. The summed E-state index contributed by atoms with van der Waals surface area (Å²) in [5.41, 5.74) is 0.741. The van der Waals surface area contributed by atoms with Gasteiger partial charge in [-0.1, -0.05) is 0 Å². The standard InChI is InChI=1S/C6H5BrO2S/c1-3-4(7)2-10-5(3)6(8)9/h2H,1H3,(H,8,9)/p-1. The lowest BCUT2D eigenvalue weighted by Crippen LogP contribution is -2.21. The number of hydrogen-bond donors (Lipinski definition) is 0. The Bertz CT molecular complexity index is 267. The van der Waals surface area contributed by atoms with E-state index in [0.29, 0.717) is 4.88 Å². The lowest BCUT2D eigenvalue weighted by Gasteiger charge is -1.97. The molecule has 1 heterocycles. The van der Waals surface area contributed by atoms with Crippen LogP contribution in [0.1, 0.15) is 15.2 Å². The molecule has 0 spiro atoms. The summed E-state index contributed by atoms with van der Waals surface area (Å²) in [5.74, 6) is -1.10. The first-order chi connectivity index (χ1) is 4.63. The molecule has 0 radical (unpaired) electrons. The molecule has 54 valence electrons. The van der Waals surface area contributed by atoms with Crippen LogP contribution in [-0.2, 0) is 0 Å². The zero-order valence-electron chi connectivity index (χ0n) is 5.18. The maximum atomic E-state index is 10.3. The van der Waals surface area contributed by atoms with Crippen molar-refractivity contribution in [1.82, 2.24) is 0 Å². The van der Waals surface area contributed by atoms with Crippen LogP contribution in [0.15, 0.2) is 9.85 Å². The highest BCUT2D eigenvalue weighted by molar-refractivity contribution is 9.10. The van der Waals surface area contributed by atoms with Crippen LogP contribution in [0.4, 0.5) is 0 Å². The van der Waals surface area contributed by atoms with Crippen molar-refractivity contribution in [3.63, 3.8) is 0 Å². The molecule has 10 heavy (non-hydrogen) atoms. The smallest absolute Gasteiger partial charge is 0.0818 e. The highest BCUT2D eigenvalue weighted by Crippen LogP contribution is 2.25. The second kappa shape index (κ2) is 2.72. The minimum Gasteiger partial charge on any atom is -0.544 e. The lowest BCUT2D eigenvalue weighted by atomic mass is 10.3. The molecule has 0 saturated carbocycles. The van der Waals surface area contributed by atoms with Gasteiger partial charge in [0.1, 0.15) is 0 Å². The first-order valence-corrected chi connectivity index (χ1v) is 4.25. The zero-order valence-corrected chi connectivity index (χ0v) is 7.58. The van der Waals surface area contributed by atoms with Gasteiger partial charge in [-0.2, -0.15) is 0 Å². The molecule has 1 aromatic rings. The Morgan fingerprint density at radius 3 is 2.60 bits per heavy atom. The Morgan fingerprint density at radius 1 is 1.80 bits per heavy atom. The molecule has 0 fully saturated rings. The van der Waals surface area contributed by atoms with E-state index in [0.717, 1.165) is 10.0 Å². The Balaban J connectivity index is 3.17. The van der Waals surface area contributed by atoms with E-state index < -0.39 is 5.97 Å². The van der Waals surface area contributed by atoms with E-state index in [9.17, 15) is 9.90 Å². The first-order valence-electron chi connectivity index (χ1n) is 2.58. The fourth-order valence-corrected chi connectivity index (χ4v) is 1.99. The van der Waals surface area contributed by atoms with Crippen LogP contribution in [0.2, 0.25) is 0 Å². The number of carboxylic acid groups (broad SMARTS) is 1. The Kier molecular flexibility index (Phi) is 2.11. The van der Waals surface area contributed by atoms with Gasteiger partial charge in [0.25, 0.3) is 0 Å². The number of carbonyl (C=O) groups excluding carboxylic acids is 1. The third-order valence-corrected chi connectivity index (χ3v) is 3.35. The summed E-state index contributed by atoms with van der Waals surface area (Å²) in [6.07, 6.45) is 0. The van der Waals surface area contributed by atoms with Crippen LogP contribution < -0.4 is 5.11 Å². The van der Waals surface area contributed by atoms with Crippen molar-refractivity contribution in [2.75, 3.05) is 0 Å². The van der Waals surface area contributed by atoms with E-state index in [-0.39, 0.29) is 0 Å². The average molecular weight is 220 g/mol. The van der Waals surface area contributed by atoms with E-state index in [4.69, 9.17) is 0 Å². The van der Waals surface area contributed by atoms with Crippen LogP contribution in [0.5, 0.6) is 0 Å². The summed E-state index contributed by atoms with van der Waals surface area (Å²) in [4.78, 5) is 10.6. The molecule has 0 N–H and O–H groups in total. The van der Waals surface area contributed by atoms with Crippen LogP contribution in [0, 0.1) is 6.92 Å². The SMILES string of the molecule is Cc1c(Br)csc1C(=O)[O-]. The van der Waals surface area contributed by atoms with Crippen LogP contribution >= 0.6 is 27.3 Å². The van der Waals surface area contributed by atoms with Crippen LogP contribution in [0.25, 0.3) is 0 Å². The van der Waals surface area contributed by atoms with E-state index in [2.05, 4.69) is 15.9 Å². The predicted octanol–water partition coefficient (Wildman–Crippen LogP) is 1.18. The quantitative estimate of drug-likeness (QED) is 0.712. The largest absolute Gasteiger partial charge is 0.544 e. The number of halogens is 1. The van der Waals surface area contributed by atoms with E-state index in [1.807, 2.05) is 0 Å². The molecule has 0 aromatic carbocycles. The van der Waals surface area contributed by atoms with E-state index >= 15 is 0 Å². The molecule has 0 bridgehead atoms. The molecule has 1 aromatic heterocycles. The molecule has 0 aliphatic carbocycles. The predicted molar refractivity (Wildman–Crippen MR) is 41.1 cm³/mol. The fraction of sp³-hybridized carbons (Fsp3) is 0.167. The van der Waals surface area contributed by atoms with Gasteiger partial charge in [-0.05, 0) is 28.4 Å². The summed E-state index contributed by atoms with van der Waals surface area (Å²) < 4.78 is 0.830. The van der Waals surface area contributed by atoms with Gasteiger partial charge in [-0.15, -0.1) is 11.3 Å². The summed E-state index contributed by atoms with van der Waals surface area (Å²) >= 11 is 4.38.